The van der Waals surface area contributed by atoms with Crippen molar-refractivity contribution in [1.29, 1.82) is 0 Å². The molecule has 0 fully saturated rings. The highest BCUT2D eigenvalue weighted by molar-refractivity contribution is 14.1. The van der Waals surface area contributed by atoms with Crippen molar-refractivity contribution in [2.45, 2.75) is 6.29 Å². The van der Waals surface area contributed by atoms with Gasteiger partial charge in [0.25, 0.3) is 0 Å². The lowest BCUT2D eigenvalue weighted by atomic mass is 10.7. The zero-order chi connectivity index (χ0) is 7.82. The van der Waals surface area contributed by atoms with Gasteiger partial charge in [0, 0.05) is 4.43 Å². The summed E-state index contributed by atoms with van der Waals surface area (Å²) in [4.78, 5) is 9.22. The average molecular weight is 372 g/mol. The Labute approximate surface area is 88.0 Å². The van der Waals surface area contributed by atoms with Crippen LogP contribution >= 0.6 is 45.2 Å². The molecule has 62 valence electrons. The lowest BCUT2D eigenvalue weighted by Crippen LogP contribution is -2.19. The summed E-state index contributed by atoms with van der Waals surface area (Å²) in [5, 5.41) is 0. The van der Waals surface area contributed by atoms with Crippen LogP contribution < -0.4 is 0 Å². The third-order valence-corrected chi connectivity index (χ3v) is 1.87. The number of ether oxygens (including phenoxy) is 1. The summed E-state index contributed by atoms with van der Waals surface area (Å²) in [6, 6.07) is 0. The molecule has 3 nitrogen and oxygen atoms in total. The van der Waals surface area contributed by atoms with E-state index in [1.54, 1.807) is 0 Å². The van der Waals surface area contributed by atoms with Crippen LogP contribution in [0.25, 0.3) is 0 Å². The number of halogens is 2. The second kappa shape index (κ2) is 8.44. The largest absolute Gasteiger partial charge is 0.348 e. The molecular weight excluding hydrogens is 362 g/mol. The maximum absolute atomic E-state index is 5.22. The standard InChI is InChI=1S/C5H10I2O3/c1-8-10-5(4-7)9-3-2-6/h5H,2-4H2,1H3/t5-/m0/s1. The highest BCUT2D eigenvalue weighted by atomic mass is 127. The monoisotopic (exact) mass is 372 g/mol. The van der Waals surface area contributed by atoms with Crippen LogP contribution in [0.15, 0.2) is 0 Å². The summed E-state index contributed by atoms with van der Waals surface area (Å²) in [7, 11) is 1.48. The quantitative estimate of drug-likeness (QED) is 0.234. The van der Waals surface area contributed by atoms with Crippen LogP contribution in [0.1, 0.15) is 0 Å². The highest BCUT2D eigenvalue weighted by Gasteiger charge is 2.05. The van der Waals surface area contributed by atoms with E-state index in [1.807, 2.05) is 0 Å². The Morgan fingerprint density at radius 3 is 2.50 bits per heavy atom. The van der Waals surface area contributed by atoms with Crippen LogP contribution in [-0.2, 0) is 14.5 Å². The fraction of sp³-hybridized carbons (Fsp3) is 1.00. The summed E-state index contributed by atoms with van der Waals surface area (Å²) < 4.78 is 6.97. The van der Waals surface area contributed by atoms with Gasteiger partial charge in [0.2, 0.25) is 0 Å². The van der Waals surface area contributed by atoms with Crippen LogP contribution in [0.3, 0.4) is 0 Å². The molecule has 0 saturated carbocycles. The van der Waals surface area contributed by atoms with E-state index in [1.165, 1.54) is 7.11 Å². The molecule has 0 radical (unpaired) electrons. The molecule has 1 atom stereocenters. The van der Waals surface area contributed by atoms with E-state index in [2.05, 4.69) is 50.1 Å². The minimum atomic E-state index is -0.222. The van der Waals surface area contributed by atoms with Crippen molar-refractivity contribution < 1.29 is 14.5 Å². The molecule has 0 heterocycles. The Bertz CT molecular complexity index is 71.9. The Morgan fingerprint density at radius 1 is 1.40 bits per heavy atom. The number of hydrogen-bond donors (Lipinski definition) is 0. The van der Waals surface area contributed by atoms with Gasteiger partial charge in [0.15, 0.2) is 6.29 Å². The van der Waals surface area contributed by atoms with Gasteiger partial charge >= 0.3 is 0 Å². The number of alkyl halides is 2. The molecule has 10 heavy (non-hydrogen) atoms. The minimum absolute atomic E-state index is 0.222. The maximum Gasteiger partial charge on any atom is 0.200 e. The number of hydrogen-bond acceptors (Lipinski definition) is 3. The van der Waals surface area contributed by atoms with E-state index in [0.717, 1.165) is 8.86 Å². The normalized spacial score (nSPS) is 13.5. The van der Waals surface area contributed by atoms with Gasteiger partial charge in [-0.1, -0.05) is 45.2 Å². The SMILES string of the molecule is COO[C@@H](CI)OCCI. The molecule has 0 aliphatic carbocycles. The lowest BCUT2D eigenvalue weighted by molar-refractivity contribution is -0.354. The van der Waals surface area contributed by atoms with E-state index in [9.17, 15) is 0 Å². The Hall–Kier alpha value is 1.34. The second-order valence-electron chi connectivity index (χ2n) is 1.41. The molecule has 0 aromatic rings. The van der Waals surface area contributed by atoms with Crippen LogP contribution in [-0.4, -0.2) is 28.9 Å². The molecule has 0 aliphatic rings. The van der Waals surface area contributed by atoms with Crippen molar-refractivity contribution in [3.63, 3.8) is 0 Å². The molecule has 0 aliphatic heterocycles. The molecule has 0 amide bonds. The first-order valence-corrected chi connectivity index (χ1v) is 5.83. The molecule has 5 heteroatoms. The molecule has 0 rings (SSSR count). The van der Waals surface area contributed by atoms with E-state index >= 15 is 0 Å². The summed E-state index contributed by atoms with van der Waals surface area (Å²) in [5.41, 5.74) is 0. The minimum Gasteiger partial charge on any atom is -0.348 e. The third kappa shape index (κ3) is 6.08. The first-order valence-electron chi connectivity index (χ1n) is 2.78. The fourth-order valence-corrected chi connectivity index (χ4v) is 1.04. The van der Waals surface area contributed by atoms with Crippen molar-refractivity contribution in [2.75, 3.05) is 22.6 Å². The summed E-state index contributed by atoms with van der Waals surface area (Å²) in [6.07, 6.45) is -0.222. The topological polar surface area (TPSA) is 27.7 Å². The smallest absolute Gasteiger partial charge is 0.200 e. The fourth-order valence-electron chi connectivity index (χ4n) is 0.381. The van der Waals surface area contributed by atoms with Crippen molar-refractivity contribution in [1.82, 2.24) is 0 Å². The average Bonchev–Trinajstić information content (AvgIpc) is 1.98. The van der Waals surface area contributed by atoms with Crippen LogP contribution in [0.2, 0.25) is 0 Å². The Kier molecular flexibility index (Phi) is 9.57. The molecule has 0 aromatic heterocycles. The van der Waals surface area contributed by atoms with Gasteiger partial charge in [-0.25, -0.2) is 9.78 Å². The first-order chi connectivity index (χ1) is 4.85. The van der Waals surface area contributed by atoms with Crippen molar-refractivity contribution in [2.24, 2.45) is 0 Å². The summed E-state index contributed by atoms with van der Waals surface area (Å²) in [5.74, 6) is 0. The van der Waals surface area contributed by atoms with Gasteiger partial charge in [0.1, 0.15) is 0 Å². The second-order valence-corrected chi connectivity index (χ2v) is 3.37. The molecule has 0 bridgehead atoms. The van der Waals surface area contributed by atoms with E-state index in [0.29, 0.717) is 6.61 Å². The lowest BCUT2D eigenvalue weighted by Gasteiger charge is -2.11. The van der Waals surface area contributed by atoms with Gasteiger partial charge in [0.05, 0.1) is 18.1 Å². The zero-order valence-corrected chi connectivity index (χ0v) is 9.99. The van der Waals surface area contributed by atoms with E-state index in [-0.39, 0.29) is 6.29 Å². The Balaban J connectivity index is 3.21. The van der Waals surface area contributed by atoms with Crippen molar-refractivity contribution >= 4 is 45.2 Å². The van der Waals surface area contributed by atoms with Crippen LogP contribution in [0.5, 0.6) is 0 Å². The summed E-state index contributed by atoms with van der Waals surface area (Å²) >= 11 is 4.42. The van der Waals surface area contributed by atoms with E-state index in [4.69, 9.17) is 9.62 Å². The summed E-state index contributed by atoms with van der Waals surface area (Å²) in [6.45, 7) is 0.706. The van der Waals surface area contributed by atoms with Gasteiger partial charge in [-0.3, -0.25) is 0 Å². The predicted octanol–water partition coefficient (Wildman–Crippen LogP) is 1.78. The predicted molar refractivity (Wildman–Crippen MR) is 55.6 cm³/mol. The first kappa shape index (κ1) is 11.3. The van der Waals surface area contributed by atoms with Gasteiger partial charge in [-0.15, -0.1) is 0 Å². The zero-order valence-electron chi connectivity index (χ0n) is 5.68. The molecule has 0 spiro atoms. The highest BCUT2D eigenvalue weighted by Crippen LogP contribution is 2.00. The van der Waals surface area contributed by atoms with Crippen molar-refractivity contribution in [3.8, 4) is 0 Å². The molecule has 0 saturated heterocycles. The number of rotatable bonds is 6. The molecule has 0 unspecified atom stereocenters. The maximum atomic E-state index is 5.22. The van der Waals surface area contributed by atoms with E-state index < -0.39 is 0 Å². The molecule has 0 N–H and O–H groups in total. The van der Waals surface area contributed by atoms with Gasteiger partial charge < -0.3 is 4.74 Å². The third-order valence-electron chi connectivity index (χ3n) is 0.710. The van der Waals surface area contributed by atoms with Gasteiger partial charge in [-0.2, -0.15) is 0 Å². The Morgan fingerprint density at radius 2 is 2.10 bits per heavy atom. The van der Waals surface area contributed by atoms with Crippen LogP contribution in [0, 0.1) is 0 Å². The van der Waals surface area contributed by atoms with Crippen LogP contribution in [0.4, 0.5) is 0 Å². The molecule has 0 aromatic carbocycles. The van der Waals surface area contributed by atoms with Crippen molar-refractivity contribution in [3.05, 3.63) is 0 Å². The van der Waals surface area contributed by atoms with Gasteiger partial charge in [-0.05, 0) is 0 Å². The molecular formula is C5H10I2O3.